The van der Waals surface area contributed by atoms with Crippen LogP contribution in [0.1, 0.15) is 53.4 Å². The van der Waals surface area contributed by atoms with Gasteiger partial charge in [0.2, 0.25) is 0 Å². The molecule has 1 aliphatic rings. The average Bonchev–Trinajstić information content (AvgIpc) is 2.68. The Balaban J connectivity index is 2.04. The van der Waals surface area contributed by atoms with Crippen LogP contribution in [0.5, 0.6) is 0 Å². The highest BCUT2D eigenvalue weighted by Gasteiger charge is 2.52. The molecule has 2 nitrogen and oxygen atoms in total. The summed E-state index contributed by atoms with van der Waals surface area (Å²) >= 11 is 0. The fourth-order valence-electron chi connectivity index (χ4n) is 4.89. The molecule has 0 aromatic heterocycles. The summed E-state index contributed by atoms with van der Waals surface area (Å²) in [7, 11) is -2.48. The third-order valence-corrected chi connectivity index (χ3v) is 11.4. The lowest BCUT2D eigenvalue weighted by Gasteiger charge is -2.47. The summed E-state index contributed by atoms with van der Waals surface area (Å²) in [6, 6.07) is 24.1. The van der Waals surface area contributed by atoms with Crippen molar-refractivity contribution in [3.8, 4) is 6.07 Å². The Morgan fingerprint density at radius 2 is 1.50 bits per heavy atom. The topological polar surface area (TPSA) is 33.0 Å². The average molecular weight is 392 g/mol. The van der Waals surface area contributed by atoms with Gasteiger partial charge in [0.05, 0.1) is 6.07 Å². The van der Waals surface area contributed by atoms with Crippen LogP contribution in [0.4, 0.5) is 0 Å². The zero-order valence-corrected chi connectivity index (χ0v) is 18.7. The van der Waals surface area contributed by atoms with Gasteiger partial charge in [-0.3, -0.25) is 0 Å². The number of benzene rings is 2. The lowest BCUT2D eigenvalue weighted by atomic mass is 9.79. The van der Waals surface area contributed by atoms with Gasteiger partial charge in [-0.05, 0) is 46.5 Å². The minimum absolute atomic E-state index is 0.0128. The fourth-order valence-corrected chi connectivity index (χ4v) is 9.71. The lowest BCUT2D eigenvalue weighted by molar-refractivity contribution is 0.0707. The van der Waals surface area contributed by atoms with E-state index in [1.807, 2.05) is 0 Å². The fraction of sp³-hybridized carbons (Fsp3) is 0.480. The van der Waals surface area contributed by atoms with Gasteiger partial charge < -0.3 is 4.43 Å². The molecule has 1 fully saturated rings. The zero-order valence-electron chi connectivity index (χ0n) is 17.7. The predicted molar refractivity (Wildman–Crippen MR) is 119 cm³/mol. The molecule has 0 bridgehead atoms. The second-order valence-electron chi connectivity index (χ2n) is 9.34. The van der Waals surface area contributed by atoms with Crippen LogP contribution < -0.4 is 10.4 Å². The summed E-state index contributed by atoms with van der Waals surface area (Å²) < 4.78 is 7.31. The number of hydrogen-bond donors (Lipinski definition) is 0. The van der Waals surface area contributed by atoms with E-state index in [1.54, 1.807) is 0 Å². The van der Waals surface area contributed by atoms with Crippen molar-refractivity contribution in [3.63, 3.8) is 0 Å². The molecule has 2 aromatic rings. The van der Waals surface area contributed by atoms with Crippen molar-refractivity contribution < 1.29 is 4.43 Å². The molecule has 2 aromatic carbocycles. The van der Waals surface area contributed by atoms with Gasteiger partial charge in [0.25, 0.3) is 8.32 Å². The smallest absolute Gasteiger partial charge is 0.261 e. The van der Waals surface area contributed by atoms with Crippen LogP contribution in [0.25, 0.3) is 0 Å². The largest absolute Gasteiger partial charge is 0.404 e. The first-order valence-electron chi connectivity index (χ1n) is 10.5. The Hall–Kier alpha value is -1.89. The van der Waals surface area contributed by atoms with Crippen LogP contribution in [0.2, 0.25) is 5.04 Å². The zero-order chi connectivity index (χ0) is 20.2. The van der Waals surface area contributed by atoms with E-state index in [1.165, 1.54) is 10.4 Å². The molecule has 0 aliphatic heterocycles. The molecule has 3 rings (SSSR count). The molecular formula is C25H33NOSi. The minimum atomic E-state index is -2.48. The second kappa shape index (κ2) is 8.63. The molecule has 3 heteroatoms. The first kappa shape index (κ1) is 20.8. The van der Waals surface area contributed by atoms with E-state index in [0.717, 1.165) is 19.3 Å². The van der Waals surface area contributed by atoms with Crippen molar-refractivity contribution in [1.82, 2.24) is 0 Å². The third-order valence-electron chi connectivity index (χ3n) is 6.32. The van der Waals surface area contributed by atoms with Crippen LogP contribution in [0.15, 0.2) is 60.7 Å². The maximum absolute atomic E-state index is 9.09. The molecule has 0 amide bonds. The summed E-state index contributed by atoms with van der Waals surface area (Å²) in [5, 5.41) is 11.8. The summed E-state index contributed by atoms with van der Waals surface area (Å²) in [4.78, 5) is 0. The van der Waals surface area contributed by atoms with E-state index < -0.39 is 8.32 Å². The highest BCUT2D eigenvalue weighted by Crippen LogP contribution is 2.41. The van der Waals surface area contributed by atoms with Gasteiger partial charge in [0, 0.05) is 12.5 Å². The van der Waals surface area contributed by atoms with Crippen molar-refractivity contribution in [2.75, 3.05) is 0 Å². The van der Waals surface area contributed by atoms with Gasteiger partial charge >= 0.3 is 0 Å². The second-order valence-corrected chi connectivity index (χ2v) is 13.6. The molecule has 0 heterocycles. The number of hydrogen-bond acceptors (Lipinski definition) is 2. The molecule has 3 atom stereocenters. The first-order valence-corrected chi connectivity index (χ1v) is 12.4. The van der Waals surface area contributed by atoms with E-state index in [4.69, 9.17) is 9.69 Å². The summed E-state index contributed by atoms with van der Waals surface area (Å²) in [6.45, 7) is 9.33. The Morgan fingerprint density at radius 1 is 0.964 bits per heavy atom. The van der Waals surface area contributed by atoms with E-state index in [-0.39, 0.29) is 11.1 Å². The van der Waals surface area contributed by atoms with Crippen molar-refractivity contribution in [3.05, 3.63) is 60.7 Å². The molecule has 0 saturated heterocycles. The number of nitriles is 1. The van der Waals surface area contributed by atoms with Crippen molar-refractivity contribution >= 4 is 18.7 Å². The number of nitrogens with zero attached hydrogens (tertiary/aromatic N) is 1. The standard InChI is InChI=1S/C25H33NOSi/c1-20-19-21(17-18-26)15-16-24(20)27-28(25(2,3)4,22-11-7-5-8-12-22)23-13-9-6-10-14-23/h5-14,20-21,24H,15-17,19H2,1-4H3/t20-,21-,24-/m1/s1. The van der Waals surface area contributed by atoms with Crippen LogP contribution in [-0.2, 0) is 4.43 Å². The van der Waals surface area contributed by atoms with Crippen LogP contribution in [-0.4, -0.2) is 14.4 Å². The molecule has 148 valence electrons. The monoisotopic (exact) mass is 391 g/mol. The van der Waals surface area contributed by atoms with Crippen LogP contribution >= 0.6 is 0 Å². The molecular weight excluding hydrogens is 358 g/mol. The number of rotatable bonds is 5. The first-order chi connectivity index (χ1) is 13.4. The Kier molecular flexibility index (Phi) is 6.42. The molecule has 28 heavy (non-hydrogen) atoms. The maximum Gasteiger partial charge on any atom is 0.261 e. The molecule has 0 radical (unpaired) electrons. The maximum atomic E-state index is 9.09. The molecule has 0 N–H and O–H groups in total. The predicted octanol–water partition coefficient (Wildman–Crippen LogP) is 5.28. The van der Waals surface area contributed by atoms with Gasteiger partial charge in [-0.15, -0.1) is 0 Å². The summed E-state index contributed by atoms with van der Waals surface area (Å²) in [6.07, 6.45) is 4.17. The Morgan fingerprint density at radius 3 is 1.93 bits per heavy atom. The van der Waals surface area contributed by atoms with Gasteiger partial charge in [-0.1, -0.05) is 88.4 Å². The van der Waals surface area contributed by atoms with E-state index >= 15 is 0 Å². The van der Waals surface area contributed by atoms with Crippen molar-refractivity contribution in [2.45, 2.75) is 64.5 Å². The lowest BCUT2D eigenvalue weighted by Crippen LogP contribution is -2.68. The normalized spacial score (nSPS) is 23.2. The van der Waals surface area contributed by atoms with E-state index in [2.05, 4.69) is 94.4 Å². The van der Waals surface area contributed by atoms with Crippen molar-refractivity contribution in [2.24, 2.45) is 11.8 Å². The molecule has 1 aliphatic carbocycles. The van der Waals surface area contributed by atoms with E-state index in [9.17, 15) is 0 Å². The quantitative estimate of drug-likeness (QED) is 0.650. The highest BCUT2D eigenvalue weighted by molar-refractivity contribution is 6.99. The van der Waals surface area contributed by atoms with Gasteiger partial charge in [-0.2, -0.15) is 5.26 Å². The molecule has 0 unspecified atom stereocenters. The third kappa shape index (κ3) is 4.09. The van der Waals surface area contributed by atoms with Crippen LogP contribution in [0.3, 0.4) is 0 Å². The van der Waals surface area contributed by atoms with Gasteiger partial charge in [0.15, 0.2) is 0 Å². The molecule has 0 spiro atoms. The summed E-state index contributed by atoms with van der Waals surface area (Å²) in [5.41, 5.74) is 0. The summed E-state index contributed by atoms with van der Waals surface area (Å²) in [5.74, 6) is 1.01. The molecule has 1 saturated carbocycles. The van der Waals surface area contributed by atoms with Crippen LogP contribution in [0, 0.1) is 23.2 Å². The minimum Gasteiger partial charge on any atom is -0.404 e. The van der Waals surface area contributed by atoms with Crippen molar-refractivity contribution in [1.29, 1.82) is 5.26 Å². The highest BCUT2D eigenvalue weighted by atomic mass is 28.4. The Bertz CT molecular complexity index is 751. The SMILES string of the molecule is C[C@@H]1C[C@@H](CC#N)CC[C@H]1O[Si](c1ccccc1)(c1ccccc1)C(C)(C)C. The van der Waals surface area contributed by atoms with Gasteiger partial charge in [-0.25, -0.2) is 0 Å². The van der Waals surface area contributed by atoms with Gasteiger partial charge in [0.1, 0.15) is 0 Å². The van der Waals surface area contributed by atoms with E-state index in [0.29, 0.717) is 18.3 Å². The Labute approximate surface area is 171 Å².